The predicted molar refractivity (Wildman–Crippen MR) is 82.5 cm³/mol. The zero-order valence-electron chi connectivity index (χ0n) is 12.6. The molecule has 2 rings (SSSR count). The smallest absolute Gasteiger partial charge is 0.203 e. The molecule has 0 aromatic heterocycles. The Morgan fingerprint density at radius 1 is 0.714 bits per heavy atom. The molecule has 2 aromatic carbocycles. The molecule has 21 heavy (non-hydrogen) atoms. The van der Waals surface area contributed by atoms with Crippen LogP contribution in [0.25, 0.3) is 11.1 Å². The van der Waals surface area contributed by atoms with Gasteiger partial charge in [-0.2, -0.15) is 0 Å². The molecule has 0 amide bonds. The van der Waals surface area contributed by atoms with Crippen molar-refractivity contribution in [3.8, 4) is 34.1 Å². The third-order valence-corrected chi connectivity index (χ3v) is 3.25. The van der Waals surface area contributed by atoms with E-state index in [0.717, 1.165) is 11.1 Å². The lowest BCUT2D eigenvalue weighted by Gasteiger charge is -2.17. The summed E-state index contributed by atoms with van der Waals surface area (Å²) >= 11 is 0. The van der Waals surface area contributed by atoms with Crippen molar-refractivity contribution in [1.82, 2.24) is 0 Å². The first kappa shape index (κ1) is 14.8. The Bertz CT molecular complexity index is 640. The average molecular weight is 289 g/mol. The molecule has 0 spiro atoms. The van der Waals surface area contributed by atoms with Gasteiger partial charge in [0, 0.05) is 22.9 Å². The van der Waals surface area contributed by atoms with Crippen LogP contribution in [0.3, 0.4) is 0 Å². The van der Waals surface area contributed by atoms with Crippen LogP contribution >= 0.6 is 0 Å². The fourth-order valence-electron chi connectivity index (χ4n) is 2.23. The van der Waals surface area contributed by atoms with Crippen molar-refractivity contribution in [3.63, 3.8) is 0 Å². The number of hydrogen-bond donors (Lipinski definition) is 1. The van der Waals surface area contributed by atoms with E-state index < -0.39 is 0 Å². The van der Waals surface area contributed by atoms with Crippen LogP contribution in [0.2, 0.25) is 0 Å². The summed E-state index contributed by atoms with van der Waals surface area (Å²) in [5.74, 6) is 2.42. The van der Waals surface area contributed by atoms with Crippen molar-refractivity contribution in [2.24, 2.45) is 0 Å². The number of ether oxygens (including phenoxy) is 4. The van der Waals surface area contributed by atoms with Crippen molar-refractivity contribution in [2.75, 3.05) is 34.2 Å². The van der Waals surface area contributed by atoms with Gasteiger partial charge in [0.05, 0.1) is 28.4 Å². The molecular weight excluding hydrogens is 270 g/mol. The summed E-state index contributed by atoms with van der Waals surface area (Å²) in [6.07, 6.45) is 0. The number of anilines is 1. The van der Waals surface area contributed by atoms with E-state index in [2.05, 4.69) is 0 Å². The predicted octanol–water partition coefficient (Wildman–Crippen LogP) is 2.97. The van der Waals surface area contributed by atoms with E-state index in [0.29, 0.717) is 28.7 Å². The van der Waals surface area contributed by atoms with E-state index in [1.165, 1.54) is 0 Å². The van der Waals surface area contributed by atoms with Crippen LogP contribution in [0.1, 0.15) is 0 Å². The molecule has 0 bridgehead atoms. The summed E-state index contributed by atoms with van der Waals surface area (Å²) in [6.45, 7) is 0. The summed E-state index contributed by atoms with van der Waals surface area (Å²) in [6, 6.07) is 9.21. The minimum absolute atomic E-state index is 0.535. The van der Waals surface area contributed by atoms with Gasteiger partial charge in [0.25, 0.3) is 0 Å². The lowest BCUT2D eigenvalue weighted by Crippen LogP contribution is -1.98. The molecule has 0 aliphatic carbocycles. The third kappa shape index (κ3) is 2.67. The molecule has 0 radical (unpaired) electrons. The summed E-state index contributed by atoms with van der Waals surface area (Å²) in [7, 11) is 6.34. The molecule has 0 aliphatic rings. The molecule has 0 unspecified atom stereocenters. The highest BCUT2D eigenvalue weighted by atomic mass is 16.5. The molecule has 0 aliphatic heterocycles. The summed E-state index contributed by atoms with van der Waals surface area (Å²) in [5, 5.41) is 0. The van der Waals surface area contributed by atoms with Crippen LogP contribution in [-0.4, -0.2) is 28.4 Å². The topological polar surface area (TPSA) is 62.9 Å². The molecule has 5 heteroatoms. The van der Waals surface area contributed by atoms with Crippen molar-refractivity contribution >= 4 is 5.69 Å². The summed E-state index contributed by atoms with van der Waals surface area (Å²) in [5.41, 5.74) is 8.37. The number of benzene rings is 2. The van der Waals surface area contributed by atoms with Crippen molar-refractivity contribution in [2.45, 2.75) is 0 Å². The van der Waals surface area contributed by atoms with Gasteiger partial charge in [0.15, 0.2) is 11.5 Å². The van der Waals surface area contributed by atoms with Gasteiger partial charge >= 0.3 is 0 Å². The van der Waals surface area contributed by atoms with Gasteiger partial charge in [-0.1, -0.05) is 0 Å². The molecule has 0 fully saturated rings. The summed E-state index contributed by atoms with van der Waals surface area (Å²) in [4.78, 5) is 0. The van der Waals surface area contributed by atoms with Gasteiger partial charge in [0.1, 0.15) is 5.75 Å². The fraction of sp³-hybridized carbons (Fsp3) is 0.250. The summed E-state index contributed by atoms with van der Waals surface area (Å²) < 4.78 is 21.3. The number of rotatable bonds is 5. The van der Waals surface area contributed by atoms with Crippen molar-refractivity contribution < 1.29 is 18.9 Å². The van der Waals surface area contributed by atoms with E-state index in [4.69, 9.17) is 24.7 Å². The molecule has 0 saturated carbocycles. The van der Waals surface area contributed by atoms with Crippen LogP contribution in [0.15, 0.2) is 30.3 Å². The van der Waals surface area contributed by atoms with Gasteiger partial charge < -0.3 is 24.7 Å². The molecule has 0 saturated heterocycles. The highest BCUT2D eigenvalue weighted by Crippen LogP contribution is 2.45. The Hall–Kier alpha value is -2.56. The maximum Gasteiger partial charge on any atom is 0.203 e. The van der Waals surface area contributed by atoms with Crippen LogP contribution in [0.4, 0.5) is 5.69 Å². The maximum absolute atomic E-state index is 6.11. The highest BCUT2D eigenvalue weighted by molar-refractivity contribution is 5.84. The Balaban J connectivity index is 2.63. The van der Waals surface area contributed by atoms with E-state index in [1.54, 1.807) is 34.5 Å². The van der Waals surface area contributed by atoms with Crippen LogP contribution in [0.5, 0.6) is 23.0 Å². The maximum atomic E-state index is 6.11. The quantitative estimate of drug-likeness (QED) is 0.857. The average Bonchev–Trinajstić information content (AvgIpc) is 2.53. The number of nitrogen functional groups attached to an aromatic ring is 1. The first-order valence-corrected chi connectivity index (χ1v) is 6.39. The first-order valence-electron chi connectivity index (χ1n) is 6.39. The zero-order valence-corrected chi connectivity index (χ0v) is 12.6. The third-order valence-electron chi connectivity index (χ3n) is 3.25. The monoisotopic (exact) mass is 289 g/mol. The Kier molecular flexibility index (Phi) is 4.42. The molecule has 0 heterocycles. The second-order valence-electron chi connectivity index (χ2n) is 4.34. The van der Waals surface area contributed by atoms with E-state index in [-0.39, 0.29) is 0 Å². The van der Waals surface area contributed by atoms with Gasteiger partial charge in [0.2, 0.25) is 5.75 Å². The number of nitrogens with two attached hydrogens (primary N) is 1. The zero-order chi connectivity index (χ0) is 15.4. The molecule has 2 N–H and O–H groups in total. The second-order valence-corrected chi connectivity index (χ2v) is 4.34. The van der Waals surface area contributed by atoms with E-state index >= 15 is 0 Å². The van der Waals surface area contributed by atoms with Crippen molar-refractivity contribution in [3.05, 3.63) is 30.3 Å². The highest BCUT2D eigenvalue weighted by Gasteiger charge is 2.18. The van der Waals surface area contributed by atoms with E-state index in [9.17, 15) is 0 Å². The van der Waals surface area contributed by atoms with Crippen LogP contribution in [-0.2, 0) is 0 Å². The van der Waals surface area contributed by atoms with Crippen LogP contribution in [0, 0.1) is 0 Å². The minimum atomic E-state index is 0.535. The molecule has 0 atom stereocenters. The van der Waals surface area contributed by atoms with Gasteiger partial charge in [-0.25, -0.2) is 0 Å². The molecule has 2 aromatic rings. The Labute approximate surface area is 124 Å². The number of methoxy groups -OCH3 is 4. The molecule has 5 nitrogen and oxygen atoms in total. The van der Waals surface area contributed by atoms with Crippen LogP contribution < -0.4 is 24.7 Å². The Morgan fingerprint density at radius 3 is 1.90 bits per heavy atom. The lowest BCUT2D eigenvalue weighted by atomic mass is 10.0. The molecule has 112 valence electrons. The van der Waals surface area contributed by atoms with Gasteiger partial charge in [-0.15, -0.1) is 0 Å². The van der Waals surface area contributed by atoms with Gasteiger partial charge in [-0.05, 0) is 24.3 Å². The number of hydrogen-bond acceptors (Lipinski definition) is 5. The second kappa shape index (κ2) is 6.26. The minimum Gasteiger partial charge on any atom is -0.497 e. The first-order chi connectivity index (χ1) is 10.2. The van der Waals surface area contributed by atoms with E-state index in [1.807, 2.05) is 24.3 Å². The molecular formula is C16H19NO4. The SMILES string of the molecule is COc1ccc(-c2ccc(OC)c(OC)c2OC)c(N)c1. The van der Waals surface area contributed by atoms with Crippen molar-refractivity contribution in [1.29, 1.82) is 0 Å². The van der Waals surface area contributed by atoms with Gasteiger partial charge in [-0.3, -0.25) is 0 Å². The largest absolute Gasteiger partial charge is 0.497 e. The Morgan fingerprint density at radius 2 is 1.38 bits per heavy atom. The fourth-order valence-corrected chi connectivity index (χ4v) is 2.23. The standard InChI is InChI=1S/C16H19NO4/c1-18-10-5-6-11(13(17)9-10)12-7-8-14(19-2)16(21-4)15(12)20-3/h5-9H,17H2,1-4H3. The normalized spacial score (nSPS) is 10.1. The lowest BCUT2D eigenvalue weighted by molar-refractivity contribution is 0.325.